The van der Waals surface area contributed by atoms with Crippen LogP contribution in [0.4, 0.5) is 4.39 Å². The second-order valence-electron chi connectivity index (χ2n) is 3.63. The highest BCUT2D eigenvalue weighted by Gasteiger charge is 2.10. The highest BCUT2D eigenvalue weighted by molar-refractivity contribution is 6.00. The third-order valence-electron chi connectivity index (χ3n) is 2.55. The first-order valence-corrected chi connectivity index (χ1v) is 5.29. The molecular formula is C14H12FNO. The van der Waals surface area contributed by atoms with E-state index in [0.29, 0.717) is 5.56 Å². The minimum absolute atomic E-state index is 0.148. The van der Waals surface area contributed by atoms with Crippen LogP contribution < -0.4 is 5.32 Å². The van der Waals surface area contributed by atoms with E-state index in [1.807, 2.05) is 12.1 Å². The van der Waals surface area contributed by atoms with Gasteiger partial charge < -0.3 is 5.32 Å². The molecule has 3 heteroatoms. The smallest absolute Gasteiger partial charge is 0.251 e. The SMILES string of the molecule is CNC(=O)c1ccccc1-c1ccc(F)cc1. The number of nitrogens with one attached hydrogen (secondary N) is 1. The lowest BCUT2D eigenvalue weighted by Crippen LogP contribution is -2.18. The van der Waals surface area contributed by atoms with Crippen molar-refractivity contribution in [3.05, 3.63) is 59.9 Å². The number of amides is 1. The van der Waals surface area contributed by atoms with Crippen molar-refractivity contribution in [2.24, 2.45) is 0 Å². The van der Waals surface area contributed by atoms with Crippen molar-refractivity contribution in [3.8, 4) is 11.1 Å². The van der Waals surface area contributed by atoms with Crippen LogP contribution in [0.3, 0.4) is 0 Å². The third-order valence-corrected chi connectivity index (χ3v) is 2.55. The summed E-state index contributed by atoms with van der Waals surface area (Å²) in [6, 6.07) is 13.3. The Labute approximate surface area is 99.1 Å². The van der Waals surface area contributed by atoms with E-state index in [1.165, 1.54) is 12.1 Å². The molecule has 0 fully saturated rings. The lowest BCUT2D eigenvalue weighted by atomic mass is 9.99. The molecule has 0 aromatic heterocycles. The van der Waals surface area contributed by atoms with Gasteiger partial charge in [-0.15, -0.1) is 0 Å². The molecule has 0 heterocycles. The van der Waals surface area contributed by atoms with Crippen LogP contribution in [0.25, 0.3) is 11.1 Å². The number of carbonyl (C=O) groups is 1. The zero-order chi connectivity index (χ0) is 12.3. The van der Waals surface area contributed by atoms with Crippen LogP contribution in [0, 0.1) is 5.82 Å². The van der Waals surface area contributed by atoms with Gasteiger partial charge in [0.1, 0.15) is 5.82 Å². The molecule has 1 amide bonds. The molecule has 2 aromatic carbocycles. The van der Waals surface area contributed by atoms with Gasteiger partial charge in [-0.25, -0.2) is 4.39 Å². The second-order valence-corrected chi connectivity index (χ2v) is 3.63. The van der Waals surface area contributed by atoms with Gasteiger partial charge in [0.05, 0.1) is 0 Å². The second kappa shape index (κ2) is 4.78. The van der Waals surface area contributed by atoms with Crippen LogP contribution in [0.15, 0.2) is 48.5 Å². The summed E-state index contributed by atoms with van der Waals surface area (Å²) in [5.74, 6) is -0.434. The Balaban J connectivity index is 2.51. The molecule has 0 aliphatic heterocycles. The number of halogens is 1. The van der Waals surface area contributed by atoms with Crippen LogP contribution in [0.1, 0.15) is 10.4 Å². The van der Waals surface area contributed by atoms with Crippen molar-refractivity contribution in [3.63, 3.8) is 0 Å². The number of rotatable bonds is 2. The molecule has 0 radical (unpaired) electrons. The van der Waals surface area contributed by atoms with E-state index in [9.17, 15) is 9.18 Å². The Morgan fingerprint density at radius 3 is 2.35 bits per heavy atom. The van der Waals surface area contributed by atoms with E-state index in [-0.39, 0.29) is 11.7 Å². The summed E-state index contributed by atoms with van der Waals surface area (Å²) in [7, 11) is 1.59. The fraction of sp³-hybridized carbons (Fsp3) is 0.0714. The summed E-state index contributed by atoms with van der Waals surface area (Å²) < 4.78 is 12.8. The van der Waals surface area contributed by atoms with Gasteiger partial charge >= 0.3 is 0 Å². The maximum absolute atomic E-state index is 12.8. The van der Waals surface area contributed by atoms with Crippen LogP contribution in [0.2, 0.25) is 0 Å². The highest BCUT2D eigenvalue weighted by atomic mass is 19.1. The van der Waals surface area contributed by atoms with Gasteiger partial charge in [-0.05, 0) is 29.3 Å². The van der Waals surface area contributed by atoms with Gasteiger partial charge in [0.15, 0.2) is 0 Å². The Morgan fingerprint density at radius 2 is 1.71 bits per heavy atom. The Hall–Kier alpha value is -2.16. The minimum atomic E-state index is -0.286. The standard InChI is InChI=1S/C14H12FNO/c1-16-14(17)13-5-3-2-4-12(13)10-6-8-11(15)9-7-10/h2-9H,1H3,(H,16,17). The van der Waals surface area contributed by atoms with E-state index in [0.717, 1.165) is 11.1 Å². The highest BCUT2D eigenvalue weighted by Crippen LogP contribution is 2.23. The van der Waals surface area contributed by atoms with Gasteiger partial charge in [-0.2, -0.15) is 0 Å². The molecule has 1 N–H and O–H groups in total. The van der Waals surface area contributed by atoms with Crippen LogP contribution in [0.5, 0.6) is 0 Å². The van der Waals surface area contributed by atoms with Crippen molar-refractivity contribution in [2.45, 2.75) is 0 Å². The summed E-state index contributed by atoms with van der Waals surface area (Å²) in [4.78, 5) is 11.7. The average molecular weight is 229 g/mol. The third kappa shape index (κ3) is 2.33. The van der Waals surface area contributed by atoms with Crippen LogP contribution >= 0.6 is 0 Å². The zero-order valence-corrected chi connectivity index (χ0v) is 9.41. The number of carbonyl (C=O) groups excluding carboxylic acids is 1. The predicted molar refractivity (Wildman–Crippen MR) is 65.2 cm³/mol. The van der Waals surface area contributed by atoms with Crippen molar-refractivity contribution < 1.29 is 9.18 Å². The van der Waals surface area contributed by atoms with E-state index in [1.54, 1.807) is 31.3 Å². The first-order valence-electron chi connectivity index (χ1n) is 5.29. The molecule has 2 nitrogen and oxygen atoms in total. The van der Waals surface area contributed by atoms with E-state index < -0.39 is 0 Å². The molecule has 2 aromatic rings. The quantitative estimate of drug-likeness (QED) is 0.842. The molecule has 0 aliphatic rings. The number of hydrogen-bond donors (Lipinski definition) is 1. The van der Waals surface area contributed by atoms with Crippen LogP contribution in [-0.4, -0.2) is 13.0 Å². The molecule has 0 bridgehead atoms. The molecule has 0 unspecified atom stereocenters. The van der Waals surface area contributed by atoms with Crippen molar-refractivity contribution in [1.29, 1.82) is 0 Å². The Bertz CT molecular complexity index is 534. The Kier molecular flexibility index (Phi) is 3.19. The molecule has 0 spiro atoms. The summed E-state index contributed by atoms with van der Waals surface area (Å²) in [5, 5.41) is 2.59. The topological polar surface area (TPSA) is 29.1 Å². The number of hydrogen-bond acceptors (Lipinski definition) is 1. The van der Waals surface area contributed by atoms with E-state index in [2.05, 4.69) is 5.32 Å². The minimum Gasteiger partial charge on any atom is -0.355 e. The van der Waals surface area contributed by atoms with Gasteiger partial charge in [-0.1, -0.05) is 30.3 Å². The maximum atomic E-state index is 12.8. The average Bonchev–Trinajstić information content (AvgIpc) is 2.39. The van der Waals surface area contributed by atoms with Crippen molar-refractivity contribution in [1.82, 2.24) is 5.32 Å². The van der Waals surface area contributed by atoms with Gasteiger partial charge in [0, 0.05) is 12.6 Å². The monoisotopic (exact) mass is 229 g/mol. The summed E-state index contributed by atoms with van der Waals surface area (Å²) in [6.45, 7) is 0. The van der Waals surface area contributed by atoms with Gasteiger partial charge in [-0.3, -0.25) is 4.79 Å². The first-order chi connectivity index (χ1) is 8.22. The van der Waals surface area contributed by atoms with Crippen molar-refractivity contribution in [2.75, 3.05) is 7.05 Å². The molecular weight excluding hydrogens is 217 g/mol. The fourth-order valence-corrected chi connectivity index (χ4v) is 1.70. The summed E-state index contributed by atoms with van der Waals surface area (Å²) in [6.07, 6.45) is 0. The van der Waals surface area contributed by atoms with Crippen molar-refractivity contribution >= 4 is 5.91 Å². The molecule has 2 rings (SSSR count). The van der Waals surface area contributed by atoms with Crippen LogP contribution in [-0.2, 0) is 0 Å². The van der Waals surface area contributed by atoms with Gasteiger partial charge in [0.25, 0.3) is 5.91 Å². The largest absolute Gasteiger partial charge is 0.355 e. The molecule has 86 valence electrons. The van der Waals surface area contributed by atoms with E-state index >= 15 is 0 Å². The Morgan fingerprint density at radius 1 is 1.06 bits per heavy atom. The fourth-order valence-electron chi connectivity index (χ4n) is 1.70. The van der Waals surface area contributed by atoms with Gasteiger partial charge in [0.2, 0.25) is 0 Å². The first kappa shape index (κ1) is 11.3. The molecule has 0 saturated heterocycles. The summed E-state index contributed by atoms with van der Waals surface area (Å²) in [5.41, 5.74) is 2.21. The maximum Gasteiger partial charge on any atom is 0.251 e. The normalized spacial score (nSPS) is 10.0. The summed E-state index contributed by atoms with van der Waals surface area (Å²) >= 11 is 0. The lowest BCUT2D eigenvalue weighted by molar-refractivity contribution is 0.0963. The lowest BCUT2D eigenvalue weighted by Gasteiger charge is -2.08. The zero-order valence-electron chi connectivity index (χ0n) is 9.41. The molecule has 0 aliphatic carbocycles. The molecule has 17 heavy (non-hydrogen) atoms. The predicted octanol–water partition coefficient (Wildman–Crippen LogP) is 2.85. The molecule has 0 atom stereocenters. The number of benzene rings is 2. The molecule has 0 saturated carbocycles. The van der Waals surface area contributed by atoms with E-state index in [4.69, 9.17) is 0 Å².